The summed E-state index contributed by atoms with van der Waals surface area (Å²) in [6.07, 6.45) is 2.91. The number of nitrogens with zero attached hydrogens (tertiary/aromatic N) is 1. The van der Waals surface area contributed by atoms with E-state index in [4.69, 9.17) is 5.11 Å². The SMILES string of the molecule is CC(C)CS(=O)(=O)N[C@@H](Cc1cnc[nH]1)C(=O)O. The smallest absolute Gasteiger partial charge is 0.322 e. The number of hydrogen-bond acceptors (Lipinski definition) is 4. The second kappa shape index (κ2) is 5.96. The Morgan fingerprint density at radius 1 is 1.56 bits per heavy atom. The van der Waals surface area contributed by atoms with E-state index in [1.807, 2.05) is 0 Å². The molecule has 0 aliphatic rings. The zero-order chi connectivity index (χ0) is 13.8. The van der Waals surface area contributed by atoms with Crippen LogP contribution in [0.2, 0.25) is 0 Å². The molecule has 1 atom stereocenters. The van der Waals surface area contributed by atoms with Crippen LogP contribution in [0.3, 0.4) is 0 Å². The Bertz CT molecular complexity index is 481. The fraction of sp³-hybridized carbons (Fsp3) is 0.600. The number of imidazole rings is 1. The molecule has 102 valence electrons. The predicted octanol–water partition coefficient (Wildman–Crippen LogP) is -0.0192. The molecule has 7 nitrogen and oxygen atoms in total. The zero-order valence-corrected chi connectivity index (χ0v) is 11.1. The van der Waals surface area contributed by atoms with Crippen LogP contribution in [-0.2, 0) is 21.2 Å². The summed E-state index contributed by atoms with van der Waals surface area (Å²) < 4.78 is 25.6. The van der Waals surface area contributed by atoms with Crippen LogP contribution in [0.15, 0.2) is 12.5 Å². The van der Waals surface area contributed by atoms with Gasteiger partial charge in [-0.1, -0.05) is 13.8 Å². The van der Waals surface area contributed by atoms with Crippen LogP contribution in [0.5, 0.6) is 0 Å². The molecule has 1 aromatic heterocycles. The Hall–Kier alpha value is -1.41. The van der Waals surface area contributed by atoms with Gasteiger partial charge >= 0.3 is 5.97 Å². The monoisotopic (exact) mass is 275 g/mol. The third-order valence-electron chi connectivity index (χ3n) is 2.15. The number of aliphatic carboxylic acids is 1. The number of aromatic nitrogens is 2. The maximum Gasteiger partial charge on any atom is 0.322 e. The lowest BCUT2D eigenvalue weighted by molar-refractivity contribution is -0.138. The lowest BCUT2D eigenvalue weighted by Gasteiger charge is -2.15. The van der Waals surface area contributed by atoms with Crippen LogP contribution in [0, 0.1) is 5.92 Å². The highest BCUT2D eigenvalue weighted by molar-refractivity contribution is 7.89. The first kappa shape index (κ1) is 14.7. The first-order chi connectivity index (χ1) is 8.30. The third-order valence-corrected chi connectivity index (χ3v) is 3.90. The molecule has 1 rings (SSSR count). The second-order valence-electron chi connectivity index (χ2n) is 4.46. The number of carboxylic acid groups (broad SMARTS) is 1. The van der Waals surface area contributed by atoms with Gasteiger partial charge in [0.25, 0.3) is 0 Å². The highest BCUT2D eigenvalue weighted by Crippen LogP contribution is 2.03. The van der Waals surface area contributed by atoms with Gasteiger partial charge in [-0.25, -0.2) is 18.1 Å². The lowest BCUT2D eigenvalue weighted by atomic mass is 10.2. The predicted molar refractivity (Wildman–Crippen MR) is 65.5 cm³/mol. The highest BCUT2D eigenvalue weighted by atomic mass is 32.2. The van der Waals surface area contributed by atoms with Crippen molar-refractivity contribution in [2.24, 2.45) is 5.92 Å². The molecule has 0 spiro atoms. The molecule has 1 heterocycles. The van der Waals surface area contributed by atoms with Crippen molar-refractivity contribution in [2.75, 3.05) is 5.75 Å². The van der Waals surface area contributed by atoms with Crippen LogP contribution < -0.4 is 4.72 Å². The number of nitrogens with one attached hydrogen (secondary N) is 2. The Balaban J connectivity index is 2.72. The largest absolute Gasteiger partial charge is 0.480 e. The first-order valence-corrected chi connectivity index (χ1v) is 7.15. The number of carboxylic acids is 1. The zero-order valence-electron chi connectivity index (χ0n) is 10.3. The van der Waals surface area contributed by atoms with E-state index >= 15 is 0 Å². The summed E-state index contributed by atoms with van der Waals surface area (Å²) in [4.78, 5) is 17.5. The van der Waals surface area contributed by atoms with Gasteiger partial charge in [0.05, 0.1) is 12.1 Å². The Labute approximate surface area is 106 Å². The second-order valence-corrected chi connectivity index (χ2v) is 6.26. The molecule has 0 bridgehead atoms. The minimum atomic E-state index is -3.59. The number of carbonyl (C=O) groups is 1. The van der Waals surface area contributed by atoms with E-state index in [0.29, 0.717) is 5.69 Å². The van der Waals surface area contributed by atoms with Crippen molar-refractivity contribution in [1.82, 2.24) is 14.7 Å². The topological polar surface area (TPSA) is 112 Å². The fourth-order valence-corrected chi connectivity index (χ4v) is 3.09. The summed E-state index contributed by atoms with van der Waals surface area (Å²) in [5.41, 5.74) is 0.564. The lowest BCUT2D eigenvalue weighted by Crippen LogP contribution is -2.43. The van der Waals surface area contributed by atoms with Crippen molar-refractivity contribution in [3.63, 3.8) is 0 Å². The first-order valence-electron chi connectivity index (χ1n) is 5.50. The van der Waals surface area contributed by atoms with Crippen LogP contribution in [0.1, 0.15) is 19.5 Å². The maximum atomic E-state index is 11.7. The van der Waals surface area contributed by atoms with Crippen LogP contribution in [-0.4, -0.2) is 41.3 Å². The molecule has 0 aliphatic heterocycles. The molecule has 0 saturated heterocycles. The molecular formula is C10H17N3O4S. The summed E-state index contributed by atoms with van der Waals surface area (Å²) >= 11 is 0. The van der Waals surface area contributed by atoms with Crippen LogP contribution in [0.25, 0.3) is 0 Å². The Morgan fingerprint density at radius 2 is 2.22 bits per heavy atom. The van der Waals surface area contributed by atoms with Gasteiger partial charge in [-0.3, -0.25) is 4.79 Å². The summed E-state index contributed by atoms with van der Waals surface area (Å²) in [6, 6.07) is -1.19. The van der Waals surface area contributed by atoms with Gasteiger partial charge in [-0.15, -0.1) is 0 Å². The van der Waals surface area contributed by atoms with Crippen LogP contribution in [0.4, 0.5) is 0 Å². The Kier molecular flexibility index (Phi) is 4.85. The summed E-state index contributed by atoms with van der Waals surface area (Å²) in [5, 5.41) is 9.01. The summed E-state index contributed by atoms with van der Waals surface area (Å²) in [6.45, 7) is 3.51. The van der Waals surface area contributed by atoms with Gasteiger partial charge in [-0.05, 0) is 5.92 Å². The number of H-pyrrole nitrogens is 1. The molecule has 0 aliphatic carbocycles. The van der Waals surface area contributed by atoms with Crippen molar-refractivity contribution < 1.29 is 18.3 Å². The van der Waals surface area contributed by atoms with E-state index in [1.165, 1.54) is 12.5 Å². The number of hydrogen-bond donors (Lipinski definition) is 3. The molecule has 3 N–H and O–H groups in total. The van der Waals surface area contributed by atoms with Crippen molar-refractivity contribution in [1.29, 1.82) is 0 Å². The quantitative estimate of drug-likeness (QED) is 0.647. The van der Waals surface area contributed by atoms with Crippen LogP contribution >= 0.6 is 0 Å². The molecule has 0 aromatic carbocycles. The normalized spacial score (nSPS) is 13.7. The van der Waals surface area contributed by atoms with Gasteiger partial charge in [0.15, 0.2) is 0 Å². The maximum absolute atomic E-state index is 11.7. The van der Waals surface area contributed by atoms with Gasteiger partial charge in [0.1, 0.15) is 6.04 Å². The van der Waals surface area contributed by atoms with Crippen molar-refractivity contribution in [3.05, 3.63) is 18.2 Å². The molecule has 0 unspecified atom stereocenters. The van der Waals surface area contributed by atoms with Crippen molar-refractivity contribution >= 4 is 16.0 Å². The van der Waals surface area contributed by atoms with E-state index in [-0.39, 0.29) is 18.1 Å². The molecule has 0 amide bonds. The van der Waals surface area contributed by atoms with E-state index in [0.717, 1.165) is 0 Å². The van der Waals surface area contributed by atoms with Gasteiger partial charge in [0.2, 0.25) is 10.0 Å². The molecule has 0 fully saturated rings. The summed E-state index contributed by atoms with van der Waals surface area (Å²) in [7, 11) is -3.59. The van der Waals surface area contributed by atoms with Crippen molar-refractivity contribution in [3.8, 4) is 0 Å². The van der Waals surface area contributed by atoms with Crippen molar-refractivity contribution in [2.45, 2.75) is 26.3 Å². The number of sulfonamides is 1. The minimum Gasteiger partial charge on any atom is -0.480 e. The molecule has 18 heavy (non-hydrogen) atoms. The fourth-order valence-electron chi connectivity index (χ4n) is 1.50. The van der Waals surface area contributed by atoms with Gasteiger partial charge in [0, 0.05) is 18.3 Å². The number of rotatable bonds is 7. The average molecular weight is 275 g/mol. The standard InChI is InChI=1S/C10H17N3O4S/c1-7(2)5-18(16,17)13-9(10(14)15)3-8-4-11-6-12-8/h4,6-7,9,13H,3,5H2,1-2H3,(H,11,12)(H,14,15)/t9-/m0/s1. The highest BCUT2D eigenvalue weighted by Gasteiger charge is 2.25. The van der Waals surface area contributed by atoms with Gasteiger partial charge < -0.3 is 10.1 Å². The molecule has 0 saturated carbocycles. The Morgan fingerprint density at radius 3 is 2.67 bits per heavy atom. The van der Waals surface area contributed by atoms with Gasteiger partial charge in [-0.2, -0.15) is 0 Å². The van der Waals surface area contributed by atoms with E-state index in [9.17, 15) is 13.2 Å². The average Bonchev–Trinajstić information content (AvgIpc) is 2.66. The summed E-state index contributed by atoms with van der Waals surface area (Å²) in [5.74, 6) is -1.37. The minimum absolute atomic E-state index is 0.0344. The molecule has 1 aromatic rings. The van der Waals surface area contributed by atoms with E-state index in [2.05, 4.69) is 14.7 Å². The third kappa shape index (κ3) is 4.84. The number of aromatic amines is 1. The molecule has 0 radical (unpaired) electrons. The molecular weight excluding hydrogens is 258 g/mol. The molecule has 8 heteroatoms. The van der Waals surface area contributed by atoms with E-state index < -0.39 is 22.0 Å². The van der Waals surface area contributed by atoms with E-state index in [1.54, 1.807) is 13.8 Å².